The van der Waals surface area contributed by atoms with Crippen LogP contribution in [-0.4, -0.2) is 40.7 Å². The summed E-state index contributed by atoms with van der Waals surface area (Å²) in [6, 6.07) is 7.80. The molecule has 5 nitrogen and oxygen atoms in total. The summed E-state index contributed by atoms with van der Waals surface area (Å²) in [5, 5.41) is 4.31. The summed E-state index contributed by atoms with van der Waals surface area (Å²) in [4.78, 5) is 13.4. The van der Waals surface area contributed by atoms with E-state index in [9.17, 15) is 4.79 Å². The molecule has 1 amide bonds. The third-order valence-corrected chi connectivity index (χ3v) is 3.80. The number of amides is 1. The molecule has 1 atom stereocenters. The van der Waals surface area contributed by atoms with Crippen LogP contribution in [-0.2, 0) is 6.42 Å². The predicted molar refractivity (Wildman–Crippen MR) is 86.6 cm³/mol. The molecule has 1 aromatic carbocycles. The molecule has 21 heavy (non-hydrogen) atoms. The molecule has 6 heteroatoms. The van der Waals surface area contributed by atoms with E-state index in [1.54, 1.807) is 31.0 Å². The fraction of sp³-hybridized carbons (Fsp3) is 0.333. The third-order valence-electron chi connectivity index (χ3n) is 3.06. The SMILES string of the molecule is CC(N)Cc1ccc(-n2ccc(C(=O)N(C)C)n2)cc1Br. The molecule has 0 aliphatic carbocycles. The first kappa shape index (κ1) is 15.7. The number of aromatic nitrogens is 2. The van der Waals surface area contributed by atoms with E-state index in [2.05, 4.69) is 21.0 Å². The zero-order valence-corrected chi connectivity index (χ0v) is 14.0. The van der Waals surface area contributed by atoms with Crippen molar-refractivity contribution in [2.75, 3.05) is 14.1 Å². The minimum Gasteiger partial charge on any atom is -0.343 e. The number of carbonyl (C=O) groups excluding carboxylic acids is 1. The van der Waals surface area contributed by atoms with Crippen LogP contribution in [0.3, 0.4) is 0 Å². The Bertz CT molecular complexity index is 649. The average molecular weight is 351 g/mol. The topological polar surface area (TPSA) is 64.2 Å². The lowest BCUT2D eigenvalue weighted by atomic mass is 10.1. The first-order valence-electron chi connectivity index (χ1n) is 6.70. The molecule has 0 fully saturated rings. The Labute approximate surface area is 132 Å². The summed E-state index contributed by atoms with van der Waals surface area (Å²) in [5.74, 6) is -0.110. The quantitative estimate of drug-likeness (QED) is 0.919. The van der Waals surface area contributed by atoms with Crippen LogP contribution >= 0.6 is 15.9 Å². The Hall–Kier alpha value is -1.66. The molecule has 0 bridgehead atoms. The number of nitrogens with zero attached hydrogens (tertiary/aromatic N) is 3. The van der Waals surface area contributed by atoms with Crippen molar-refractivity contribution in [2.45, 2.75) is 19.4 Å². The molecule has 0 radical (unpaired) electrons. The van der Waals surface area contributed by atoms with E-state index in [1.165, 1.54) is 4.90 Å². The summed E-state index contributed by atoms with van der Waals surface area (Å²) < 4.78 is 2.69. The minimum atomic E-state index is -0.110. The summed E-state index contributed by atoms with van der Waals surface area (Å²) in [7, 11) is 3.42. The van der Waals surface area contributed by atoms with Crippen LogP contribution in [0, 0.1) is 0 Å². The van der Waals surface area contributed by atoms with Crippen LogP contribution in [0.25, 0.3) is 5.69 Å². The maximum Gasteiger partial charge on any atom is 0.273 e. The van der Waals surface area contributed by atoms with Crippen molar-refractivity contribution >= 4 is 21.8 Å². The Morgan fingerprint density at radius 3 is 2.71 bits per heavy atom. The summed E-state index contributed by atoms with van der Waals surface area (Å²) in [6.07, 6.45) is 2.59. The fourth-order valence-corrected chi connectivity index (χ4v) is 2.53. The number of carbonyl (C=O) groups is 1. The summed E-state index contributed by atoms with van der Waals surface area (Å²) in [5.41, 5.74) is 8.31. The zero-order chi connectivity index (χ0) is 15.6. The minimum absolute atomic E-state index is 0.110. The van der Waals surface area contributed by atoms with Gasteiger partial charge in [0.1, 0.15) is 0 Å². The molecule has 1 heterocycles. The van der Waals surface area contributed by atoms with E-state index in [1.807, 2.05) is 25.1 Å². The maximum absolute atomic E-state index is 11.9. The molecule has 112 valence electrons. The second-order valence-electron chi connectivity index (χ2n) is 5.30. The molecule has 1 unspecified atom stereocenters. The van der Waals surface area contributed by atoms with Crippen LogP contribution < -0.4 is 5.73 Å². The molecule has 0 spiro atoms. The number of hydrogen-bond acceptors (Lipinski definition) is 3. The van der Waals surface area contributed by atoms with Crippen molar-refractivity contribution in [3.63, 3.8) is 0 Å². The number of rotatable bonds is 4. The monoisotopic (exact) mass is 350 g/mol. The average Bonchev–Trinajstić information content (AvgIpc) is 2.89. The standard InChI is InChI=1S/C15H19BrN4O/c1-10(17)8-11-4-5-12(9-13(11)16)20-7-6-14(18-20)15(21)19(2)3/h4-7,9-10H,8,17H2,1-3H3. The van der Waals surface area contributed by atoms with Gasteiger partial charge in [-0.2, -0.15) is 5.10 Å². The van der Waals surface area contributed by atoms with Gasteiger partial charge in [0.15, 0.2) is 5.69 Å². The lowest BCUT2D eigenvalue weighted by Crippen LogP contribution is -2.22. The summed E-state index contributed by atoms with van der Waals surface area (Å²) >= 11 is 3.56. The summed E-state index contributed by atoms with van der Waals surface area (Å²) in [6.45, 7) is 1.98. The van der Waals surface area contributed by atoms with Gasteiger partial charge in [0.25, 0.3) is 5.91 Å². The highest BCUT2D eigenvalue weighted by molar-refractivity contribution is 9.10. The van der Waals surface area contributed by atoms with Crippen molar-refractivity contribution < 1.29 is 4.79 Å². The predicted octanol–water partition coefficient (Wildman–Crippen LogP) is 2.23. The van der Waals surface area contributed by atoms with Gasteiger partial charge in [-0.25, -0.2) is 4.68 Å². The van der Waals surface area contributed by atoms with Gasteiger partial charge < -0.3 is 10.6 Å². The number of nitrogens with two attached hydrogens (primary N) is 1. The van der Waals surface area contributed by atoms with Gasteiger partial charge >= 0.3 is 0 Å². The Balaban J connectivity index is 2.27. The Kier molecular flexibility index (Phi) is 4.80. The van der Waals surface area contributed by atoms with Gasteiger partial charge in [0.2, 0.25) is 0 Å². The molecular weight excluding hydrogens is 332 g/mol. The molecule has 0 aliphatic rings. The lowest BCUT2D eigenvalue weighted by Gasteiger charge is -2.10. The molecule has 2 rings (SSSR count). The van der Waals surface area contributed by atoms with Crippen molar-refractivity contribution in [3.8, 4) is 5.69 Å². The van der Waals surface area contributed by atoms with Crippen LogP contribution in [0.1, 0.15) is 23.0 Å². The lowest BCUT2D eigenvalue weighted by molar-refractivity contribution is 0.0821. The highest BCUT2D eigenvalue weighted by Gasteiger charge is 2.12. The molecule has 0 aliphatic heterocycles. The Morgan fingerprint density at radius 1 is 1.43 bits per heavy atom. The van der Waals surface area contributed by atoms with Crippen molar-refractivity contribution in [3.05, 3.63) is 46.2 Å². The molecule has 1 aromatic heterocycles. The third kappa shape index (κ3) is 3.71. The highest BCUT2D eigenvalue weighted by atomic mass is 79.9. The van der Waals surface area contributed by atoms with E-state index in [-0.39, 0.29) is 11.9 Å². The van der Waals surface area contributed by atoms with Crippen LogP contribution in [0.5, 0.6) is 0 Å². The van der Waals surface area contributed by atoms with Crippen molar-refractivity contribution in [1.82, 2.24) is 14.7 Å². The van der Waals surface area contributed by atoms with Crippen molar-refractivity contribution in [2.24, 2.45) is 5.73 Å². The van der Waals surface area contributed by atoms with Gasteiger partial charge in [0.05, 0.1) is 5.69 Å². The first-order chi connectivity index (χ1) is 9.88. The number of hydrogen-bond donors (Lipinski definition) is 1. The van der Waals surface area contributed by atoms with E-state index in [0.29, 0.717) is 5.69 Å². The van der Waals surface area contributed by atoms with Crippen molar-refractivity contribution in [1.29, 1.82) is 0 Å². The largest absolute Gasteiger partial charge is 0.343 e. The van der Waals surface area contributed by atoms with E-state index in [4.69, 9.17) is 5.73 Å². The second-order valence-corrected chi connectivity index (χ2v) is 6.16. The highest BCUT2D eigenvalue weighted by Crippen LogP contribution is 2.22. The van der Waals surface area contributed by atoms with Gasteiger partial charge in [-0.05, 0) is 37.1 Å². The smallest absolute Gasteiger partial charge is 0.273 e. The Morgan fingerprint density at radius 2 is 2.14 bits per heavy atom. The van der Waals surface area contributed by atoms with E-state index >= 15 is 0 Å². The number of benzene rings is 1. The van der Waals surface area contributed by atoms with E-state index in [0.717, 1.165) is 22.1 Å². The normalized spacial score (nSPS) is 12.2. The van der Waals surface area contributed by atoms with E-state index < -0.39 is 0 Å². The number of halogens is 1. The van der Waals surface area contributed by atoms with Gasteiger partial charge in [-0.15, -0.1) is 0 Å². The van der Waals surface area contributed by atoms with Crippen LogP contribution in [0.4, 0.5) is 0 Å². The fourth-order valence-electron chi connectivity index (χ4n) is 2.00. The molecule has 0 saturated carbocycles. The zero-order valence-electron chi connectivity index (χ0n) is 12.4. The van der Waals surface area contributed by atoms with Crippen LogP contribution in [0.2, 0.25) is 0 Å². The van der Waals surface area contributed by atoms with Crippen LogP contribution in [0.15, 0.2) is 34.9 Å². The second kappa shape index (κ2) is 6.41. The van der Waals surface area contributed by atoms with Gasteiger partial charge in [-0.3, -0.25) is 4.79 Å². The van der Waals surface area contributed by atoms with Gasteiger partial charge in [-0.1, -0.05) is 22.0 Å². The molecule has 2 aromatic rings. The maximum atomic E-state index is 11.9. The van der Waals surface area contributed by atoms with Gasteiger partial charge in [0, 0.05) is 30.8 Å². The molecular formula is C15H19BrN4O. The first-order valence-corrected chi connectivity index (χ1v) is 7.49. The molecule has 2 N–H and O–H groups in total. The molecule has 0 saturated heterocycles.